The van der Waals surface area contributed by atoms with Crippen LogP contribution in [0.2, 0.25) is 0 Å². The van der Waals surface area contributed by atoms with Crippen LogP contribution in [0.4, 0.5) is 10.5 Å². The zero-order valence-electron chi connectivity index (χ0n) is 23.2. The first-order valence-corrected chi connectivity index (χ1v) is 15.0. The van der Waals surface area contributed by atoms with E-state index in [0.717, 1.165) is 29.1 Å². The van der Waals surface area contributed by atoms with Gasteiger partial charge in [0.25, 0.3) is 11.8 Å². The quantitative estimate of drug-likeness (QED) is 0.278. The third-order valence-electron chi connectivity index (χ3n) is 9.33. The molecule has 0 unspecified atom stereocenters. The van der Waals surface area contributed by atoms with E-state index >= 15 is 0 Å². The maximum atomic E-state index is 13.6. The van der Waals surface area contributed by atoms with Gasteiger partial charge in [0.05, 0.1) is 23.4 Å². The lowest BCUT2D eigenvalue weighted by Crippen LogP contribution is -2.54. The molecule has 8 heteroatoms. The van der Waals surface area contributed by atoms with Crippen molar-refractivity contribution in [3.05, 3.63) is 57.6 Å². The number of amides is 4. The summed E-state index contributed by atoms with van der Waals surface area (Å²) in [6.07, 6.45) is 10.1. The zero-order valence-corrected chi connectivity index (χ0v) is 24.8. The van der Waals surface area contributed by atoms with Gasteiger partial charge < -0.3 is 9.47 Å². The number of carbonyl (C=O) groups is 3. The van der Waals surface area contributed by atoms with Crippen LogP contribution < -0.4 is 19.7 Å². The average Bonchev–Trinajstić information content (AvgIpc) is 2.91. The molecule has 2 aromatic carbocycles. The zero-order chi connectivity index (χ0) is 28.2. The van der Waals surface area contributed by atoms with Crippen LogP contribution in [0.25, 0.3) is 6.08 Å². The fourth-order valence-corrected chi connectivity index (χ4v) is 8.26. The van der Waals surface area contributed by atoms with Gasteiger partial charge in [0.2, 0.25) is 0 Å². The molecule has 1 heterocycles. The number of halogens is 1. The summed E-state index contributed by atoms with van der Waals surface area (Å²) in [5.74, 6) is 2.11. The standard InChI is InChI=1S/C32H35BrN2O5/c1-4-18(2)40-28-26(33)13-19(14-27(28)39-3)12-25-29(36)34-31(38)35(30(25)37)24-7-5-23(6-8-24)32-15-20-9-21(16-32)11-22(10-20)17-32/h5-8,12-14,18,20-22H,4,9-11,15-17H2,1-3H3,(H,34,36,38)/b25-12+/t18-,20?,21?,22?,32?/m0/s1. The van der Waals surface area contributed by atoms with Crippen LogP contribution in [-0.2, 0) is 15.0 Å². The first-order chi connectivity index (χ1) is 19.2. The van der Waals surface area contributed by atoms with E-state index in [0.29, 0.717) is 27.2 Å². The first kappa shape index (κ1) is 27.1. The minimum Gasteiger partial charge on any atom is -0.493 e. The second-order valence-corrected chi connectivity index (χ2v) is 12.9. The van der Waals surface area contributed by atoms with Crippen molar-refractivity contribution in [2.24, 2.45) is 17.8 Å². The highest BCUT2D eigenvalue weighted by Crippen LogP contribution is 2.60. The van der Waals surface area contributed by atoms with Crippen molar-refractivity contribution < 1.29 is 23.9 Å². The number of hydrogen-bond acceptors (Lipinski definition) is 5. The Morgan fingerprint density at radius 3 is 2.25 bits per heavy atom. The average molecular weight is 608 g/mol. The number of anilines is 1. The van der Waals surface area contributed by atoms with Gasteiger partial charge in [0.15, 0.2) is 11.5 Å². The molecule has 4 bridgehead atoms. The summed E-state index contributed by atoms with van der Waals surface area (Å²) in [4.78, 5) is 40.2. The number of imide groups is 2. The minimum absolute atomic E-state index is 0.0194. The van der Waals surface area contributed by atoms with Crippen molar-refractivity contribution in [2.75, 3.05) is 12.0 Å². The van der Waals surface area contributed by atoms with Crippen LogP contribution >= 0.6 is 15.9 Å². The molecular weight excluding hydrogens is 572 g/mol. The van der Waals surface area contributed by atoms with E-state index in [2.05, 4.69) is 33.4 Å². The number of nitrogens with one attached hydrogen (secondary N) is 1. The van der Waals surface area contributed by atoms with Crippen molar-refractivity contribution in [1.29, 1.82) is 0 Å². The maximum absolute atomic E-state index is 13.6. The number of ether oxygens (including phenoxy) is 2. The summed E-state index contributed by atoms with van der Waals surface area (Å²) >= 11 is 3.53. The molecule has 5 fully saturated rings. The summed E-state index contributed by atoms with van der Waals surface area (Å²) in [7, 11) is 1.54. The van der Waals surface area contributed by atoms with Crippen molar-refractivity contribution in [2.45, 2.75) is 70.3 Å². The van der Waals surface area contributed by atoms with Crippen molar-refractivity contribution >= 4 is 45.5 Å². The lowest BCUT2D eigenvalue weighted by molar-refractivity contribution is -0.122. The number of methoxy groups -OCH3 is 1. The summed E-state index contributed by atoms with van der Waals surface area (Å²) in [5, 5.41) is 2.33. The van der Waals surface area contributed by atoms with Gasteiger partial charge >= 0.3 is 6.03 Å². The topological polar surface area (TPSA) is 84.9 Å². The highest BCUT2D eigenvalue weighted by atomic mass is 79.9. The lowest BCUT2D eigenvalue weighted by atomic mass is 9.48. The third kappa shape index (κ3) is 4.74. The molecule has 40 heavy (non-hydrogen) atoms. The van der Waals surface area contributed by atoms with E-state index in [4.69, 9.17) is 9.47 Å². The van der Waals surface area contributed by atoms with Gasteiger partial charge in [-0.15, -0.1) is 0 Å². The normalized spacial score (nSPS) is 29.1. The molecule has 4 aliphatic carbocycles. The summed E-state index contributed by atoms with van der Waals surface area (Å²) < 4.78 is 12.1. The van der Waals surface area contributed by atoms with Crippen LogP contribution in [-0.4, -0.2) is 31.1 Å². The predicted molar refractivity (Wildman–Crippen MR) is 156 cm³/mol. The summed E-state index contributed by atoms with van der Waals surface area (Å²) in [6, 6.07) is 10.6. The van der Waals surface area contributed by atoms with Gasteiger partial charge in [-0.05, 0) is 132 Å². The van der Waals surface area contributed by atoms with Crippen molar-refractivity contribution in [3.63, 3.8) is 0 Å². The number of carbonyl (C=O) groups excluding carboxylic acids is 3. The smallest absolute Gasteiger partial charge is 0.335 e. The van der Waals surface area contributed by atoms with E-state index in [-0.39, 0.29) is 17.1 Å². The molecule has 0 aromatic heterocycles. The van der Waals surface area contributed by atoms with Crippen molar-refractivity contribution in [1.82, 2.24) is 5.32 Å². The van der Waals surface area contributed by atoms with E-state index in [9.17, 15) is 14.4 Å². The molecule has 210 valence electrons. The number of benzene rings is 2. The number of hydrogen-bond donors (Lipinski definition) is 1. The Bertz CT molecular complexity index is 1360. The molecule has 0 radical (unpaired) electrons. The van der Waals surface area contributed by atoms with Crippen LogP contribution in [0.5, 0.6) is 11.5 Å². The van der Waals surface area contributed by atoms with Crippen LogP contribution in [0.3, 0.4) is 0 Å². The van der Waals surface area contributed by atoms with Gasteiger partial charge in [-0.2, -0.15) is 0 Å². The molecule has 4 saturated carbocycles. The SMILES string of the molecule is CC[C@H](C)Oc1c(Br)cc(/C=C2\C(=O)NC(=O)N(c3ccc(C45CC6CC(CC(C6)C4)C5)cc3)C2=O)cc1OC. The fraction of sp³-hybridized carbons (Fsp3) is 0.469. The largest absolute Gasteiger partial charge is 0.493 e. The Balaban J connectivity index is 1.27. The molecule has 5 aliphatic rings. The van der Waals surface area contributed by atoms with E-state index in [1.54, 1.807) is 12.1 Å². The minimum atomic E-state index is -0.745. The molecule has 7 nitrogen and oxygen atoms in total. The van der Waals surface area contributed by atoms with Gasteiger partial charge in [0, 0.05) is 0 Å². The monoisotopic (exact) mass is 606 g/mol. The number of barbiturate groups is 1. The molecule has 1 N–H and O–H groups in total. The number of rotatable bonds is 7. The Kier molecular flexibility index (Phi) is 7.01. The summed E-state index contributed by atoms with van der Waals surface area (Å²) in [5.41, 5.74) is 2.41. The van der Waals surface area contributed by atoms with E-state index < -0.39 is 17.8 Å². The second-order valence-electron chi connectivity index (χ2n) is 12.1. The fourth-order valence-electron chi connectivity index (χ4n) is 7.71. The molecule has 1 aliphatic heterocycles. The Morgan fingerprint density at radius 2 is 1.68 bits per heavy atom. The van der Waals surface area contributed by atoms with Gasteiger partial charge in [-0.3, -0.25) is 14.9 Å². The molecule has 4 amide bonds. The summed E-state index contributed by atoms with van der Waals surface area (Å²) in [6.45, 7) is 3.99. The van der Waals surface area contributed by atoms with Gasteiger partial charge in [-0.25, -0.2) is 9.69 Å². The van der Waals surface area contributed by atoms with E-state index in [1.807, 2.05) is 26.0 Å². The number of urea groups is 1. The molecule has 7 rings (SSSR count). The van der Waals surface area contributed by atoms with Crippen LogP contribution in [0.1, 0.15) is 69.9 Å². The predicted octanol–water partition coefficient (Wildman–Crippen LogP) is 6.77. The second kappa shape index (κ2) is 10.4. The molecule has 1 atom stereocenters. The molecule has 2 aromatic rings. The molecule has 0 spiro atoms. The highest BCUT2D eigenvalue weighted by molar-refractivity contribution is 9.10. The maximum Gasteiger partial charge on any atom is 0.335 e. The lowest BCUT2D eigenvalue weighted by Gasteiger charge is -2.57. The molecule has 1 saturated heterocycles. The third-order valence-corrected chi connectivity index (χ3v) is 9.92. The van der Waals surface area contributed by atoms with Crippen molar-refractivity contribution in [3.8, 4) is 11.5 Å². The van der Waals surface area contributed by atoms with E-state index in [1.165, 1.54) is 57.3 Å². The highest BCUT2D eigenvalue weighted by Gasteiger charge is 2.51. The Morgan fingerprint density at radius 1 is 1.05 bits per heavy atom. The Hall–Kier alpha value is -3.13. The van der Waals surface area contributed by atoms with Gasteiger partial charge in [0.1, 0.15) is 5.57 Å². The van der Waals surface area contributed by atoms with Crippen LogP contribution in [0, 0.1) is 17.8 Å². The number of nitrogens with zero attached hydrogens (tertiary/aromatic N) is 1. The van der Waals surface area contributed by atoms with Gasteiger partial charge in [-0.1, -0.05) is 19.1 Å². The Labute approximate surface area is 243 Å². The van der Waals surface area contributed by atoms with Crippen LogP contribution in [0.15, 0.2) is 46.4 Å². The first-order valence-electron chi connectivity index (χ1n) is 14.3. The molecular formula is C32H35BrN2O5.